The van der Waals surface area contributed by atoms with Crippen molar-refractivity contribution in [3.05, 3.63) is 12.2 Å². The fourth-order valence-electron chi connectivity index (χ4n) is 2.10. The number of hydrogen-bond acceptors (Lipinski definition) is 3. The minimum atomic E-state index is 0.832. The Balaban J connectivity index is 1.69. The monoisotopic (exact) mass is 195 g/mol. The molecule has 14 heavy (non-hydrogen) atoms. The van der Waals surface area contributed by atoms with Gasteiger partial charge in [-0.25, -0.2) is 0 Å². The molecule has 2 saturated heterocycles. The van der Waals surface area contributed by atoms with Crippen molar-refractivity contribution in [1.82, 2.24) is 15.1 Å². The van der Waals surface area contributed by atoms with E-state index in [9.17, 15) is 0 Å². The maximum atomic E-state index is 3.34. The molecule has 0 aromatic rings. The lowest BCUT2D eigenvalue weighted by molar-refractivity contribution is 0.0782. The lowest BCUT2D eigenvalue weighted by Gasteiger charge is -2.43. The highest BCUT2D eigenvalue weighted by Gasteiger charge is 2.26. The van der Waals surface area contributed by atoms with Crippen molar-refractivity contribution >= 4 is 0 Å². The maximum Gasteiger partial charge on any atom is 0.0346 e. The van der Waals surface area contributed by atoms with Gasteiger partial charge < -0.3 is 5.32 Å². The van der Waals surface area contributed by atoms with Crippen LogP contribution in [0.1, 0.15) is 6.92 Å². The molecule has 3 heteroatoms. The summed E-state index contributed by atoms with van der Waals surface area (Å²) in [5.74, 6) is 0. The first-order chi connectivity index (χ1) is 6.90. The van der Waals surface area contributed by atoms with Gasteiger partial charge in [0.1, 0.15) is 0 Å². The quantitative estimate of drug-likeness (QED) is 0.647. The van der Waals surface area contributed by atoms with Crippen molar-refractivity contribution in [3.63, 3.8) is 0 Å². The Labute approximate surface area is 86.8 Å². The van der Waals surface area contributed by atoms with E-state index >= 15 is 0 Å². The molecule has 2 fully saturated rings. The molecule has 0 unspecified atom stereocenters. The molecular formula is C11H21N3. The molecule has 2 aliphatic rings. The van der Waals surface area contributed by atoms with E-state index in [1.165, 1.54) is 39.3 Å². The predicted molar refractivity (Wildman–Crippen MR) is 59.5 cm³/mol. The van der Waals surface area contributed by atoms with E-state index in [4.69, 9.17) is 0 Å². The molecule has 0 aliphatic carbocycles. The second-order valence-corrected chi connectivity index (χ2v) is 4.22. The standard InChI is InChI=1S/C11H21N3/c1-2-3-4-13-5-7-14(8-6-13)11-9-12-10-11/h2-3,11-12H,4-10H2,1H3. The van der Waals surface area contributed by atoms with Gasteiger partial charge in [-0.3, -0.25) is 9.80 Å². The van der Waals surface area contributed by atoms with Crippen LogP contribution in [-0.4, -0.2) is 61.7 Å². The van der Waals surface area contributed by atoms with Crippen LogP contribution in [0.5, 0.6) is 0 Å². The molecule has 0 aromatic heterocycles. The fourth-order valence-corrected chi connectivity index (χ4v) is 2.10. The highest BCUT2D eigenvalue weighted by molar-refractivity contribution is 4.89. The number of allylic oxidation sites excluding steroid dienone is 1. The van der Waals surface area contributed by atoms with Crippen LogP contribution in [0.2, 0.25) is 0 Å². The smallest absolute Gasteiger partial charge is 0.0346 e. The summed E-state index contributed by atoms with van der Waals surface area (Å²) in [6.07, 6.45) is 4.39. The van der Waals surface area contributed by atoms with E-state index < -0.39 is 0 Å². The Bertz CT molecular complexity index is 191. The van der Waals surface area contributed by atoms with Crippen LogP contribution in [0.15, 0.2) is 12.2 Å². The summed E-state index contributed by atoms with van der Waals surface area (Å²) in [5, 5.41) is 3.34. The van der Waals surface area contributed by atoms with Crippen LogP contribution in [0.4, 0.5) is 0 Å². The van der Waals surface area contributed by atoms with Gasteiger partial charge in [0.05, 0.1) is 0 Å². The Morgan fingerprint density at radius 1 is 1.21 bits per heavy atom. The summed E-state index contributed by atoms with van der Waals surface area (Å²) in [7, 11) is 0. The second kappa shape index (κ2) is 4.91. The summed E-state index contributed by atoms with van der Waals surface area (Å²) >= 11 is 0. The van der Waals surface area contributed by atoms with Crippen LogP contribution in [0.25, 0.3) is 0 Å². The number of hydrogen-bond donors (Lipinski definition) is 1. The topological polar surface area (TPSA) is 18.5 Å². The number of piperazine rings is 1. The Morgan fingerprint density at radius 3 is 2.43 bits per heavy atom. The van der Waals surface area contributed by atoms with E-state index in [1.54, 1.807) is 0 Å². The van der Waals surface area contributed by atoms with Gasteiger partial charge in [0.25, 0.3) is 0 Å². The summed E-state index contributed by atoms with van der Waals surface area (Å²) in [6.45, 7) is 10.6. The number of rotatable bonds is 3. The molecule has 2 aliphatic heterocycles. The molecule has 0 amide bonds. The Morgan fingerprint density at radius 2 is 1.93 bits per heavy atom. The van der Waals surface area contributed by atoms with Crippen LogP contribution < -0.4 is 5.32 Å². The molecule has 0 aromatic carbocycles. The van der Waals surface area contributed by atoms with Gasteiger partial charge in [-0.15, -0.1) is 0 Å². The molecule has 0 saturated carbocycles. The van der Waals surface area contributed by atoms with E-state index in [1.807, 2.05) is 0 Å². The highest BCUT2D eigenvalue weighted by atomic mass is 15.3. The minimum absolute atomic E-state index is 0.832. The van der Waals surface area contributed by atoms with Gasteiger partial charge in [-0.05, 0) is 6.92 Å². The molecule has 80 valence electrons. The van der Waals surface area contributed by atoms with Gasteiger partial charge in [0, 0.05) is 51.9 Å². The fraction of sp³-hybridized carbons (Fsp3) is 0.818. The molecule has 2 heterocycles. The van der Waals surface area contributed by atoms with Gasteiger partial charge in [-0.2, -0.15) is 0 Å². The van der Waals surface area contributed by atoms with Crippen LogP contribution in [0, 0.1) is 0 Å². The average molecular weight is 195 g/mol. The van der Waals surface area contributed by atoms with Gasteiger partial charge in [-0.1, -0.05) is 12.2 Å². The Hall–Kier alpha value is -0.380. The van der Waals surface area contributed by atoms with E-state index in [0.717, 1.165) is 12.6 Å². The molecule has 0 bridgehead atoms. The van der Waals surface area contributed by atoms with Crippen molar-refractivity contribution in [3.8, 4) is 0 Å². The lowest BCUT2D eigenvalue weighted by Crippen LogP contribution is -2.61. The van der Waals surface area contributed by atoms with E-state index in [-0.39, 0.29) is 0 Å². The van der Waals surface area contributed by atoms with Crippen molar-refractivity contribution in [2.75, 3.05) is 45.8 Å². The minimum Gasteiger partial charge on any atom is -0.314 e. The zero-order valence-electron chi connectivity index (χ0n) is 9.08. The van der Waals surface area contributed by atoms with Crippen LogP contribution >= 0.6 is 0 Å². The molecule has 2 rings (SSSR count). The summed E-state index contributed by atoms with van der Waals surface area (Å²) in [5.41, 5.74) is 0. The summed E-state index contributed by atoms with van der Waals surface area (Å²) < 4.78 is 0. The molecule has 0 spiro atoms. The van der Waals surface area contributed by atoms with Crippen LogP contribution in [0.3, 0.4) is 0 Å². The summed E-state index contributed by atoms with van der Waals surface area (Å²) in [6, 6.07) is 0.832. The first-order valence-electron chi connectivity index (χ1n) is 5.68. The second-order valence-electron chi connectivity index (χ2n) is 4.22. The zero-order valence-corrected chi connectivity index (χ0v) is 9.08. The predicted octanol–water partition coefficient (Wildman–Crippen LogP) is 0.152. The van der Waals surface area contributed by atoms with Gasteiger partial charge in [0.15, 0.2) is 0 Å². The van der Waals surface area contributed by atoms with Crippen molar-refractivity contribution < 1.29 is 0 Å². The maximum absolute atomic E-state index is 3.34. The SMILES string of the molecule is CC=CCN1CCN(C2CNC2)CC1. The Kier molecular flexibility index (Phi) is 3.56. The van der Waals surface area contributed by atoms with Crippen molar-refractivity contribution in [1.29, 1.82) is 0 Å². The highest BCUT2D eigenvalue weighted by Crippen LogP contribution is 2.09. The molecule has 0 radical (unpaired) electrons. The largest absolute Gasteiger partial charge is 0.314 e. The molecular weight excluding hydrogens is 174 g/mol. The normalized spacial score (nSPS) is 26.9. The van der Waals surface area contributed by atoms with E-state index in [2.05, 4.69) is 34.2 Å². The van der Waals surface area contributed by atoms with Gasteiger partial charge in [0.2, 0.25) is 0 Å². The van der Waals surface area contributed by atoms with E-state index in [0.29, 0.717) is 0 Å². The molecule has 1 N–H and O–H groups in total. The third-order valence-corrected chi connectivity index (χ3v) is 3.28. The van der Waals surface area contributed by atoms with Crippen LogP contribution in [-0.2, 0) is 0 Å². The third-order valence-electron chi connectivity index (χ3n) is 3.28. The molecule has 0 atom stereocenters. The lowest BCUT2D eigenvalue weighted by atomic mass is 10.1. The number of nitrogens with zero attached hydrogens (tertiary/aromatic N) is 2. The average Bonchev–Trinajstić information content (AvgIpc) is 2.14. The third kappa shape index (κ3) is 2.35. The molecule has 3 nitrogen and oxygen atoms in total. The van der Waals surface area contributed by atoms with Crippen molar-refractivity contribution in [2.45, 2.75) is 13.0 Å². The van der Waals surface area contributed by atoms with Gasteiger partial charge >= 0.3 is 0 Å². The summed E-state index contributed by atoms with van der Waals surface area (Å²) in [4.78, 5) is 5.16. The first kappa shape index (κ1) is 10.1. The van der Waals surface area contributed by atoms with Crippen molar-refractivity contribution in [2.24, 2.45) is 0 Å². The number of nitrogens with one attached hydrogen (secondary N) is 1. The first-order valence-corrected chi connectivity index (χ1v) is 5.68. The zero-order chi connectivity index (χ0) is 9.80.